The number of amides is 4. The van der Waals surface area contributed by atoms with Gasteiger partial charge in [0.05, 0.1) is 19.7 Å². The van der Waals surface area contributed by atoms with Crippen molar-refractivity contribution in [3.8, 4) is 0 Å². The summed E-state index contributed by atoms with van der Waals surface area (Å²) in [5.74, 6) is -0.616. The second-order valence-corrected chi connectivity index (χ2v) is 8.01. The van der Waals surface area contributed by atoms with Crippen LogP contribution in [0.25, 0.3) is 0 Å². The van der Waals surface area contributed by atoms with Crippen molar-refractivity contribution in [2.24, 2.45) is 0 Å². The monoisotopic (exact) mass is 449 g/mol. The van der Waals surface area contributed by atoms with Gasteiger partial charge in [0.25, 0.3) is 0 Å². The summed E-state index contributed by atoms with van der Waals surface area (Å²) in [5.41, 5.74) is 0.758. The number of carbonyl (C=O) groups excluding carboxylic acids is 3. The van der Waals surface area contributed by atoms with Crippen LogP contribution in [0.5, 0.6) is 0 Å². The number of piperazine rings is 1. The smallest absolute Gasteiger partial charge is 0.334 e. The number of halogens is 1. The molecule has 32 heavy (non-hydrogen) atoms. The largest absolute Gasteiger partial charge is 0.380 e. The van der Waals surface area contributed by atoms with Crippen molar-refractivity contribution in [1.29, 1.82) is 0 Å². The molecule has 176 valence electrons. The molecule has 1 aromatic carbocycles. The number of carbonyl (C=O) groups is 3. The van der Waals surface area contributed by atoms with Gasteiger partial charge in [0.2, 0.25) is 11.8 Å². The maximum absolute atomic E-state index is 13.2. The highest BCUT2D eigenvalue weighted by Gasteiger charge is 2.50. The maximum Gasteiger partial charge on any atom is 0.334 e. The molecule has 9 nitrogen and oxygen atoms in total. The van der Waals surface area contributed by atoms with E-state index in [-0.39, 0.29) is 43.3 Å². The van der Waals surface area contributed by atoms with Gasteiger partial charge < -0.3 is 19.9 Å². The van der Waals surface area contributed by atoms with E-state index in [2.05, 4.69) is 5.32 Å². The van der Waals surface area contributed by atoms with Gasteiger partial charge in [-0.1, -0.05) is 25.5 Å². The van der Waals surface area contributed by atoms with Crippen molar-refractivity contribution < 1.29 is 23.5 Å². The lowest BCUT2D eigenvalue weighted by Crippen LogP contribution is -2.76. The number of fused-ring (bicyclic) bond motifs is 1. The quantitative estimate of drug-likeness (QED) is 0.607. The molecule has 0 aromatic heterocycles. The number of hydrogen-bond donors (Lipinski definition) is 1. The van der Waals surface area contributed by atoms with Crippen molar-refractivity contribution >= 4 is 17.8 Å². The minimum atomic E-state index is -0.606. The molecule has 2 atom stereocenters. The summed E-state index contributed by atoms with van der Waals surface area (Å²) in [5, 5.41) is 5.94. The molecule has 3 rings (SSSR count). The molecular formula is C22H32FN5O4. The van der Waals surface area contributed by atoms with Gasteiger partial charge in [0.1, 0.15) is 18.0 Å². The second-order valence-electron chi connectivity index (χ2n) is 8.01. The van der Waals surface area contributed by atoms with Crippen LogP contribution < -0.4 is 5.32 Å². The zero-order chi connectivity index (χ0) is 23.3. The Kier molecular flexibility index (Phi) is 8.03. The van der Waals surface area contributed by atoms with E-state index in [1.165, 1.54) is 17.1 Å². The third-order valence-corrected chi connectivity index (χ3v) is 5.78. The van der Waals surface area contributed by atoms with Gasteiger partial charge in [-0.25, -0.2) is 19.2 Å². The standard InChI is InChI=1S/C22H32FN5O4/c1-4-6-18-21(30)26(11-12-32-5-2)14-19-27(18)20(29)15-25(3)28(19)22(31)24-13-16-7-9-17(23)10-8-16/h7-10,18-19H,4-6,11-15H2,1-3H3,(H,24,31)/t18-,19-/m0/s1. The fourth-order valence-corrected chi connectivity index (χ4v) is 4.24. The Morgan fingerprint density at radius 2 is 1.94 bits per heavy atom. The molecule has 2 aliphatic heterocycles. The molecule has 2 heterocycles. The number of nitrogens with one attached hydrogen (secondary N) is 1. The van der Waals surface area contributed by atoms with Gasteiger partial charge in [-0.05, 0) is 31.0 Å². The number of hydrazine groups is 1. The lowest BCUT2D eigenvalue weighted by molar-refractivity contribution is -0.187. The highest BCUT2D eigenvalue weighted by atomic mass is 19.1. The zero-order valence-electron chi connectivity index (χ0n) is 18.9. The first kappa shape index (κ1) is 23.9. The molecule has 2 fully saturated rings. The summed E-state index contributed by atoms with van der Waals surface area (Å²) in [4.78, 5) is 42.4. The average molecular weight is 450 g/mol. The van der Waals surface area contributed by atoms with Gasteiger partial charge in [-0.3, -0.25) is 9.59 Å². The molecule has 0 unspecified atom stereocenters. The minimum Gasteiger partial charge on any atom is -0.380 e. The predicted octanol–water partition coefficient (Wildman–Crippen LogP) is 1.40. The number of nitrogens with zero attached hydrogens (tertiary/aromatic N) is 4. The van der Waals surface area contributed by atoms with Crippen LogP contribution in [0.2, 0.25) is 0 Å². The number of rotatable bonds is 8. The van der Waals surface area contributed by atoms with E-state index in [9.17, 15) is 18.8 Å². The Labute approximate surface area is 188 Å². The third kappa shape index (κ3) is 5.18. The average Bonchev–Trinajstić information content (AvgIpc) is 2.76. The molecule has 0 radical (unpaired) electrons. The summed E-state index contributed by atoms with van der Waals surface area (Å²) >= 11 is 0. The van der Waals surface area contributed by atoms with Crippen molar-refractivity contribution in [3.63, 3.8) is 0 Å². The van der Waals surface area contributed by atoms with Crippen LogP contribution >= 0.6 is 0 Å². The van der Waals surface area contributed by atoms with Gasteiger partial charge in [-0.2, -0.15) is 0 Å². The lowest BCUT2D eigenvalue weighted by Gasteiger charge is -2.54. The molecule has 2 saturated heterocycles. The van der Waals surface area contributed by atoms with E-state index in [0.717, 1.165) is 12.0 Å². The number of urea groups is 1. The van der Waals surface area contributed by atoms with Gasteiger partial charge in [0.15, 0.2) is 0 Å². The van der Waals surface area contributed by atoms with Crippen LogP contribution in [-0.4, -0.2) is 89.8 Å². The predicted molar refractivity (Wildman–Crippen MR) is 116 cm³/mol. The number of likely N-dealkylation sites (N-methyl/N-ethyl adjacent to an activating group) is 1. The first-order valence-electron chi connectivity index (χ1n) is 11.1. The lowest BCUT2D eigenvalue weighted by atomic mass is 10.0. The van der Waals surface area contributed by atoms with Gasteiger partial charge in [-0.15, -0.1) is 0 Å². The molecule has 1 N–H and O–H groups in total. The topological polar surface area (TPSA) is 85.4 Å². The summed E-state index contributed by atoms with van der Waals surface area (Å²) < 4.78 is 18.6. The van der Waals surface area contributed by atoms with E-state index in [4.69, 9.17) is 4.74 Å². The van der Waals surface area contributed by atoms with Crippen molar-refractivity contribution in [3.05, 3.63) is 35.6 Å². The first-order valence-corrected chi connectivity index (χ1v) is 11.1. The van der Waals surface area contributed by atoms with E-state index in [1.807, 2.05) is 13.8 Å². The Morgan fingerprint density at radius 3 is 2.59 bits per heavy atom. The molecule has 4 amide bonds. The van der Waals surface area contributed by atoms with Crippen LogP contribution in [0.4, 0.5) is 9.18 Å². The zero-order valence-corrected chi connectivity index (χ0v) is 18.9. The maximum atomic E-state index is 13.2. The van der Waals surface area contributed by atoms with Crippen molar-refractivity contribution in [1.82, 2.24) is 25.1 Å². The number of ether oxygens (including phenoxy) is 1. The fourth-order valence-electron chi connectivity index (χ4n) is 4.24. The SMILES string of the molecule is CCC[C@H]1C(=O)N(CCOCC)C[C@H]2N1C(=O)CN(C)N2C(=O)NCc1ccc(F)cc1. The summed E-state index contributed by atoms with van der Waals surface area (Å²) in [6.45, 7) is 5.65. The van der Waals surface area contributed by atoms with Crippen LogP contribution in [0.1, 0.15) is 32.3 Å². The van der Waals surface area contributed by atoms with Gasteiger partial charge in [0, 0.05) is 26.7 Å². The molecule has 0 spiro atoms. The Bertz CT molecular complexity index is 821. The number of benzene rings is 1. The summed E-state index contributed by atoms with van der Waals surface area (Å²) in [7, 11) is 1.68. The highest BCUT2D eigenvalue weighted by Crippen LogP contribution is 2.27. The Balaban J connectivity index is 1.80. The van der Waals surface area contributed by atoms with Gasteiger partial charge >= 0.3 is 6.03 Å². The molecule has 0 aliphatic carbocycles. The van der Waals surface area contributed by atoms with Crippen molar-refractivity contribution in [2.45, 2.75) is 45.4 Å². The molecular weight excluding hydrogens is 417 g/mol. The molecule has 0 saturated carbocycles. The molecule has 2 aliphatic rings. The normalized spacial score (nSPS) is 21.7. The van der Waals surface area contributed by atoms with Crippen LogP contribution in [-0.2, 0) is 20.9 Å². The fraction of sp³-hybridized carbons (Fsp3) is 0.591. The molecule has 0 bridgehead atoms. The van der Waals surface area contributed by atoms with Crippen LogP contribution in [0.15, 0.2) is 24.3 Å². The van der Waals surface area contributed by atoms with E-state index < -0.39 is 12.2 Å². The van der Waals surface area contributed by atoms with Crippen molar-refractivity contribution in [2.75, 3.05) is 39.9 Å². The second kappa shape index (κ2) is 10.7. The van der Waals surface area contributed by atoms with E-state index >= 15 is 0 Å². The van der Waals surface area contributed by atoms with Crippen LogP contribution in [0, 0.1) is 5.82 Å². The first-order chi connectivity index (χ1) is 15.4. The van der Waals surface area contributed by atoms with Crippen LogP contribution in [0.3, 0.4) is 0 Å². The summed E-state index contributed by atoms with van der Waals surface area (Å²) in [6, 6.07) is 4.91. The highest BCUT2D eigenvalue weighted by molar-refractivity contribution is 5.91. The Morgan fingerprint density at radius 1 is 1.22 bits per heavy atom. The minimum absolute atomic E-state index is 0.00685. The molecule has 10 heteroatoms. The number of hydrogen-bond acceptors (Lipinski definition) is 5. The van der Waals surface area contributed by atoms with E-state index in [1.54, 1.807) is 34.0 Å². The molecule has 1 aromatic rings. The Hall–Kier alpha value is -2.72. The summed E-state index contributed by atoms with van der Waals surface area (Å²) in [6.07, 6.45) is 0.657. The third-order valence-electron chi connectivity index (χ3n) is 5.78. The van der Waals surface area contributed by atoms with E-state index in [0.29, 0.717) is 26.2 Å².